The number of furan rings is 1. The van der Waals surface area contributed by atoms with Crippen LogP contribution in [-0.4, -0.2) is 11.8 Å². The number of nitrogens with one attached hydrogen (secondary N) is 1. The van der Waals surface area contributed by atoms with Crippen molar-refractivity contribution in [3.8, 4) is 50.4 Å². The van der Waals surface area contributed by atoms with Gasteiger partial charge >= 0.3 is 0 Å². The number of hydrogen-bond acceptors (Lipinski definition) is 3. The van der Waals surface area contributed by atoms with Gasteiger partial charge in [-0.1, -0.05) is 167 Å². The number of nitrogens with zero attached hydrogens (tertiary/aromatic N) is 1. The highest BCUT2D eigenvalue weighted by atomic mass is 32.1. The number of aromatic nitrogens is 1. The molecule has 0 amide bonds. The van der Waals surface area contributed by atoms with Crippen LogP contribution < -0.4 is 16.2 Å². The van der Waals surface area contributed by atoms with Crippen LogP contribution in [-0.2, 0) is 10.8 Å². The van der Waals surface area contributed by atoms with E-state index in [1.807, 2.05) is 11.3 Å². The van der Waals surface area contributed by atoms with Gasteiger partial charge in [0.05, 0.1) is 5.52 Å². The van der Waals surface area contributed by atoms with Gasteiger partial charge in [0.1, 0.15) is 11.3 Å². The number of anilines is 2. The maximum absolute atomic E-state index is 7.03. The van der Waals surface area contributed by atoms with E-state index in [1.54, 1.807) is 0 Å². The standard InChI is InChI=1S/C63H46BN2OS/c1-62(2,3)38-24-26-39(27-25-38)65-52-35-57-47(41-21-13-15-23-56(41)68-57)31-45(52)42-28-29-43-46-30-44-40-20-12-14-22-49(40)63(4,5)50(44)33-53(46)66-54-32-48-55(34-51(54)64-59(42)60(43)66)67-61(37-18-10-7-11-19-37)58(48)36-16-8-6-9-17-36/h6-35,65H,1-5H3. The molecular formula is C63H46BN2OS. The molecule has 1 N–H and O–H groups in total. The van der Waals surface area contributed by atoms with Crippen LogP contribution in [0.25, 0.3) is 103 Å². The molecule has 1 aliphatic heterocycles. The van der Waals surface area contributed by atoms with Crippen LogP contribution in [0.4, 0.5) is 11.4 Å². The van der Waals surface area contributed by atoms with E-state index in [1.165, 1.54) is 86.4 Å². The SMILES string of the molecule is CC(C)(C)c1ccc(Nc2cc3sc4ccccc4c3cc2-c2ccc3c4cc5c(cc4n4c3c2[B]c2cc3oc(-c6ccccc6)c(-c6ccccc6)c3cc2-4)C(C)(C)c2ccccc2-5)cc1. The molecule has 14 rings (SSSR count). The number of thiophene rings is 1. The number of benzene rings is 9. The average Bonchev–Trinajstić information content (AvgIpc) is 4.07. The summed E-state index contributed by atoms with van der Waals surface area (Å²) in [5, 5.41) is 10.1. The van der Waals surface area contributed by atoms with Gasteiger partial charge in [-0.15, -0.1) is 11.3 Å². The Morgan fingerprint density at radius 3 is 2.07 bits per heavy atom. The minimum atomic E-state index is -0.154. The summed E-state index contributed by atoms with van der Waals surface area (Å²) in [4.78, 5) is 0. The van der Waals surface area contributed by atoms with Crippen molar-refractivity contribution >= 4 is 93.9 Å². The van der Waals surface area contributed by atoms with Gasteiger partial charge in [-0.05, 0) is 104 Å². The smallest absolute Gasteiger partial charge is 0.198 e. The third-order valence-electron chi connectivity index (χ3n) is 15.0. The second kappa shape index (κ2) is 14.2. The maximum Gasteiger partial charge on any atom is 0.198 e. The zero-order valence-corrected chi connectivity index (χ0v) is 39.5. The molecule has 1 radical (unpaired) electrons. The van der Waals surface area contributed by atoms with Gasteiger partial charge in [0, 0.05) is 81.0 Å². The molecule has 2 aliphatic rings. The van der Waals surface area contributed by atoms with Crippen LogP contribution in [0.15, 0.2) is 186 Å². The lowest BCUT2D eigenvalue weighted by Crippen LogP contribution is -2.37. The van der Waals surface area contributed by atoms with E-state index in [0.29, 0.717) is 0 Å². The van der Waals surface area contributed by atoms with Gasteiger partial charge in [-0.2, -0.15) is 0 Å². The summed E-state index contributed by atoms with van der Waals surface area (Å²) in [7, 11) is 2.43. The van der Waals surface area contributed by atoms with Crippen molar-refractivity contribution < 1.29 is 4.42 Å². The van der Waals surface area contributed by atoms with Crippen molar-refractivity contribution in [1.82, 2.24) is 4.57 Å². The molecular weight excluding hydrogens is 844 g/mol. The fourth-order valence-electron chi connectivity index (χ4n) is 11.6. The Labute approximate surface area is 400 Å². The van der Waals surface area contributed by atoms with Crippen molar-refractivity contribution in [3.63, 3.8) is 0 Å². The number of fused-ring (bicyclic) bond motifs is 12. The maximum atomic E-state index is 7.03. The van der Waals surface area contributed by atoms with Gasteiger partial charge in [0.15, 0.2) is 7.28 Å². The molecule has 0 bridgehead atoms. The van der Waals surface area contributed by atoms with Crippen LogP contribution in [0.5, 0.6) is 0 Å². The molecule has 68 heavy (non-hydrogen) atoms. The first-order chi connectivity index (χ1) is 33.1. The summed E-state index contributed by atoms with van der Waals surface area (Å²) in [6.07, 6.45) is 0. The highest BCUT2D eigenvalue weighted by Gasteiger charge is 2.37. The van der Waals surface area contributed by atoms with E-state index < -0.39 is 0 Å². The van der Waals surface area contributed by atoms with Crippen LogP contribution in [0.3, 0.4) is 0 Å². The highest BCUT2D eigenvalue weighted by molar-refractivity contribution is 7.25. The molecule has 0 atom stereocenters. The zero-order valence-electron chi connectivity index (χ0n) is 38.7. The molecule has 5 heteroatoms. The topological polar surface area (TPSA) is 30.1 Å². The second-order valence-corrected chi connectivity index (χ2v) is 21.5. The van der Waals surface area contributed by atoms with Crippen molar-refractivity contribution in [3.05, 3.63) is 199 Å². The minimum Gasteiger partial charge on any atom is -0.455 e. The molecule has 3 aromatic heterocycles. The first-order valence-corrected chi connectivity index (χ1v) is 24.6. The Morgan fingerprint density at radius 2 is 1.28 bits per heavy atom. The Balaban J connectivity index is 1.07. The van der Waals surface area contributed by atoms with E-state index in [0.717, 1.165) is 55.9 Å². The molecule has 0 saturated carbocycles. The largest absolute Gasteiger partial charge is 0.455 e. The van der Waals surface area contributed by atoms with Crippen molar-refractivity contribution in [2.75, 3.05) is 5.32 Å². The zero-order chi connectivity index (χ0) is 45.6. The second-order valence-electron chi connectivity index (χ2n) is 20.4. The molecule has 12 aromatic rings. The molecule has 0 unspecified atom stereocenters. The third kappa shape index (κ3) is 5.72. The molecule has 9 aromatic carbocycles. The van der Waals surface area contributed by atoms with Crippen molar-refractivity contribution in [2.24, 2.45) is 0 Å². The third-order valence-corrected chi connectivity index (χ3v) is 16.1. The predicted molar refractivity (Wildman–Crippen MR) is 291 cm³/mol. The van der Waals surface area contributed by atoms with Gasteiger partial charge in [0.2, 0.25) is 0 Å². The molecule has 0 spiro atoms. The Hall–Kier alpha value is -7.60. The molecule has 0 saturated heterocycles. The van der Waals surface area contributed by atoms with E-state index in [9.17, 15) is 0 Å². The fraction of sp³-hybridized carbons (Fsp3) is 0.111. The normalized spacial score (nSPS) is 13.6. The van der Waals surface area contributed by atoms with Crippen LogP contribution in [0.2, 0.25) is 0 Å². The summed E-state index contributed by atoms with van der Waals surface area (Å²) in [5.41, 5.74) is 21.3. The van der Waals surface area contributed by atoms with E-state index in [-0.39, 0.29) is 10.8 Å². The van der Waals surface area contributed by atoms with Crippen molar-refractivity contribution in [1.29, 1.82) is 0 Å². The van der Waals surface area contributed by atoms with Gasteiger partial charge in [-0.25, -0.2) is 0 Å². The van der Waals surface area contributed by atoms with Crippen LogP contribution in [0.1, 0.15) is 51.3 Å². The fourth-order valence-corrected chi connectivity index (χ4v) is 12.7. The Bertz CT molecular complexity index is 4070. The summed E-state index contributed by atoms with van der Waals surface area (Å²) >= 11 is 1.86. The average molecular weight is 890 g/mol. The lowest BCUT2D eigenvalue weighted by Gasteiger charge is -2.25. The summed E-state index contributed by atoms with van der Waals surface area (Å²) < 4.78 is 12.2. The summed E-state index contributed by atoms with van der Waals surface area (Å²) in [6.45, 7) is 11.6. The lowest BCUT2D eigenvalue weighted by atomic mass is 9.59. The summed E-state index contributed by atoms with van der Waals surface area (Å²) in [6, 6.07) is 67.4. The van der Waals surface area contributed by atoms with Gasteiger partial charge in [-0.3, -0.25) is 0 Å². The highest BCUT2D eigenvalue weighted by Crippen LogP contribution is 2.52. The van der Waals surface area contributed by atoms with Gasteiger partial charge in [0.25, 0.3) is 0 Å². The number of rotatable bonds is 5. The molecule has 4 heterocycles. The lowest BCUT2D eigenvalue weighted by molar-refractivity contribution is 0.590. The molecule has 1 aliphatic carbocycles. The quantitative estimate of drug-likeness (QED) is 0.175. The van der Waals surface area contributed by atoms with E-state index in [4.69, 9.17) is 4.42 Å². The molecule has 0 fully saturated rings. The first-order valence-electron chi connectivity index (χ1n) is 23.7. The molecule has 3 nitrogen and oxygen atoms in total. The van der Waals surface area contributed by atoms with Crippen LogP contribution in [0, 0.1) is 0 Å². The first kappa shape index (κ1) is 39.6. The predicted octanol–water partition coefficient (Wildman–Crippen LogP) is 16.2. The Kier molecular flexibility index (Phi) is 8.27. The monoisotopic (exact) mass is 889 g/mol. The van der Waals surface area contributed by atoms with E-state index in [2.05, 4.69) is 234 Å². The van der Waals surface area contributed by atoms with E-state index >= 15 is 0 Å². The minimum absolute atomic E-state index is 0.0646. The van der Waals surface area contributed by atoms with Crippen LogP contribution >= 0.6 is 11.3 Å². The Morgan fingerprint density at radius 1 is 0.559 bits per heavy atom. The summed E-state index contributed by atoms with van der Waals surface area (Å²) in [5.74, 6) is 0.884. The number of hydrogen-bond donors (Lipinski definition) is 1. The van der Waals surface area contributed by atoms with Gasteiger partial charge < -0.3 is 14.3 Å². The molecule has 323 valence electrons. The van der Waals surface area contributed by atoms with Crippen molar-refractivity contribution in [2.45, 2.75) is 45.4 Å².